The molecule has 1 heterocycles. The minimum Gasteiger partial charge on any atom is -0.208 e. The average Bonchev–Trinajstić information content (AvgIpc) is 3.44. The number of aromatic nitrogens is 3. The molecule has 0 aliphatic heterocycles. The number of hydrogen-bond donors (Lipinski definition) is 0. The lowest BCUT2D eigenvalue weighted by Gasteiger charge is -2.36. The highest BCUT2D eigenvalue weighted by Crippen LogP contribution is 2.57. The molecule has 0 saturated heterocycles. The molecule has 1 aromatic heterocycles. The Hall–Kier alpha value is -5.67. The van der Waals surface area contributed by atoms with E-state index in [1.54, 1.807) is 0 Å². The molecule has 0 bridgehead atoms. The molecule has 1 saturated carbocycles. The summed E-state index contributed by atoms with van der Waals surface area (Å²) in [6.07, 6.45) is 6.40. The third-order valence-electron chi connectivity index (χ3n) is 10.3. The molecule has 0 radical (unpaired) electrons. The molecule has 1 fully saturated rings. The molecule has 9 rings (SSSR count). The quantitative estimate of drug-likeness (QED) is 0.193. The van der Waals surface area contributed by atoms with Crippen molar-refractivity contribution < 1.29 is 0 Å². The van der Waals surface area contributed by atoms with Gasteiger partial charge in [-0.25, -0.2) is 15.0 Å². The van der Waals surface area contributed by atoms with Crippen molar-refractivity contribution in [1.29, 1.82) is 0 Å². The van der Waals surface area contributed by atoms with Gasteiger partial charge in [-0.15, -0.1) is 0 Å². The van der Waals surface area contributed by atoms with Crippen molar-refractivity contribution in [2.24, 2.45) is 0 Å². The predicted molar refractivity (Wildman–Crippen MR) is 196 cm³/mol. The van der Waals surface area contributed by atoms with Crippen LogP contribution in [0.25, 0.3) is 67.5 Å². The van der Waals surface area contributed by atoms with Crippen LogP contribution < -0.4 is 0 Å². The molecule has 0 amide bonds. The van der Waals surface area contributed by atoms with E-state index in [0.717, 1.165) is 27.8 Å². The van der Waals surface area contributed by atoms with Crippen LogP contribution in [0, 0.1) is 0 Å². The third-order valence-corrected chi connectivity index (χ3v) is 10.3. The summed E-state index contributed by atoms with van der Waals surface area (Å²) in [6, 6.07) is 54.0. The lowest BCUT2D eigenvalue weighted by atomic mass is 9.68. The Bertz CT molecular complexity index is 2250. The Labute approximate surface area is 282 Å². The summed E-state index contributed by atoms with van der Waals surface area (Å²) in [5.74, 6) is 2.00. The highest BCUT2D eigenvalue weighted by atomic mass is 15.0. The highest BCUT2D eigenvalue weighted by Gasteiger charge is 2.44. The second kappa shape index (κ2) is 11.8. The van der Waals surface area contributed by atoms with Gasteiger partial charge in [0, 0.05) is 22.1 Å². The van der Waals surface area contributed by atoms with E-state index in [1.807, 2.05) is 24.3 Å². The first-order valence-electron chi connectivity index (χ1n) is 17.1. The molecule has 0 atom stereocenters. The second-order valence-corrected chi connectivity index (χ2v) is 13.1. The van der Waals surface area contributed by atoms with Gasteiger partial charge in [0.05, 0.1) is 0 Å². The Morgan fingerprint density at radius 3 is 1.58 bits per heavy atom. The summed E-state index contributed by atoms with van der Waals surface area (Å²) >= 11 is 0. The number of hydrogen-bond acceptors (Lipinski definition) is 3. The molecule has 6 aromatic carbocycles. The summed E-state index contributed by atoms with van der Waals surface area (Å²) in [4.78, 5) is 15.0. The topological polar surface area (TPSA) is 38.7 Å². The minimum absolute atomic E-state index is 0.146. The summed E-state index contributed by atoms with van der Waals surface area (Å²) in [7, 11) is 0. The second-order valence-electron chi connectivity index (χ2n) is 13.1. The van der Waals surface area contributed by atoms with Gasteiger partial charge in [0.2, 0.25) is 0 Å². The molecule has 2 aliphatic rings. The Kier molecular flexibility index (Phi) is 7.04. The zero-order valence-corrected chi connectivity index (χ0v) is 26.8. The summed E-state index contributed by atoms with van der Waals surface area (Å²) in [5, 5.41) is 0. The van der Waals surface area contributed by atoms with Gasteiger partial charge in [-0.2, -0.15) is 0 Å². The number of fused-ring (bicyclic) bond motifs is 5. The van der Waals surface area contributed by atoms with E-state index in [1.165, 1.54) is 65.5 Å². The zero-order valence-electron chi connectivity index (χ0n) is 26.8. The van der Waals surface area contributed by atoms with Crippen molar-refractivity contribution in [3.8, 4) is 67.5 Å². The summed E-state index contributed by atoms with van der Waals surface area (Å²) in [5.41, 5.74) is 13.7. The first-order valence-corrected chi connectivity index (χ1v) is 17.1. The normalized spacial score (nSPS) is 14.4. The molecule has 3 nitrogen and oxygen atoms in total. The van der Waals surface area contributed by atoms with Gasteiger partial charge in [0.1, 0.15) is 0 Å². The van der Waals surface area contributed by atoms with Crippen LogP contribution >= 0.6 is 0 Å². The van der Waals surface area contributed by atoms with Crippen molar-refractivity contribution >= 4 is 0 Å². The van der Waals surface area contributed by atoms with E-state index in [4.69, 9.17) is 15.0 Å². The number of rotatable bonds is 5. The zero-order chi connectivity index (χ0) is 31.9. The van der Waals surface area contributed by atoms with Crippen LogP contribution in [-0.2, 0) is 5.41 Å². The predicted octanol–water partition coefficient (Wildman–Crippen LogP) is 11.4. The first-order chi connectivity index (χ1) is 23.8. The van der Waals surface area contributed by atoms with Crippen LogP contribution in [-0.4, -0.2) is 15.0 Å². The highest BCUT2D eigenvalue weighted by molar-refractivity contribution is 5.93. The van der Waals surface area contributed by atoms with Gasteiger partial charge in [0.15, 0.2) is 17.5 Å². The van der Waals surface area contributed by atoms with Gasteiger partial charge in [0.25, 0.3) is 0 Å². The van der Waals surface area contributed by atoms with Crippen LogP contribution in [0.1, 0.15) is 43.2 Å². The lowest BCUT2D eigenvalue weighted by molar-refractivity contribution is 0.353. The van der Waals surface area contributed by atoms with E-state index in [-0.39, 0.29) is 5.41 Å². The number of benzene rings is 6. The van der Waals surface area contributed by atoms with E-state index in [9.17, 15) is 0 Å². The third kappa shape index (κ3) is 4.86. The van der Waals surface area contributed by atoms with Crippen molar-refractivity contribution in [2.75, 3.05) is 0 Å². The van der Waals surface area contributed by atoms with Crippen molar-refractivity contribution in [2.45, 2.75) is 37.5 Å². The summed E-state index contributed by atoms with van der Waals surface area (Å²) < 4.78 is 0. The van der Waals surface area contributed by atoms with Crippen molar-refractivity contribution in [1.82, 2.24) is 15.0 Å². The van der Waals surface area contributed by atoms with Gasteiger partial charge in [-0.3, -0.25) is 0 Å². The van der Waals surface area contributed by atoms with Crippen molar-refractivity contribution in [3.05, 3.63) is 163 Å². The van der Waals surface area contributed by atoms with Gasteiger partial charge < -0.3 is 0 Å². The SMILES string of the molecule is c1ccc(-c2cccc(-c3nc(-c4ccccc4)nc(-c4ccc(-c5cccc6c5-c5ccccc5C65CCCCC5)cc4)n3)c2)cc1. The fourth-order valence-corrected chi connectivity index (χ4v) is 8.06. The van der Waals surface area contributed by atoms with E-state index >= 15 is 0 Å². The fraction of sp³-hybridized carbons (Fsp3) is 0.133. The Morgan fingerprint density at radius 2 is 0.854 bits per heavy atom. The Morgan fingerprint density at radius 1 is 0.354 bits per heavy atom. The first kappa shape index (κ1) is 28.5. The maximum absolute atomic E-state index is 5.06. The van der Waals surface area contributed by atoms with Crippen LogP contribution in [0.3, 0.4) is 0 Å². The van der Waals surface area contributed by atoms with Crippen molar-refractivity contribution in [3.63, 3.8) is 0 Å². The molecule has 3 heteroatoms. The smallest absolute Gasteiger partial charge is 0.164 e. The molecule has 7 aromatic rings. The van der Waals surface area contributed by atoms with E-state index < -0.39 is 0 Å². The monoisotopic (exact) mass is 617 g/mol. The largest absolute Gasteiger partial charge is 0.208 e. The summed E-state index contributed by atoms with van der Waals surface area (Å²) in [6.45, 7) is 0. The van der Waals surface area contributed by atoms with Crippen LogP contribution in [0.15, 0.2) is 152 Å². The molecule has 230 valence electrons. The van der Waals surface area contributed by atoms with E-state index in [0.29, 0.717) is 17.5 Å². The average molecular weight is 618 g/mol. The maximum Gasteiger partial charge on any atom is 0.164 e. The lowest BCUT2D eigenvalue weighted by Crippen LogP contribution is -2.27. The maximum atomic E-state index is 5.06. The number of nitrogens with zero attached hydrogens (tertiary/aromatic N) is 3. The molecule has 0 unspecified atom stereocenters. The van der Waals surface area contributed by atoms with Gasteiger partial charge in [-0.1, -0.05) is 165 Å². The molecule has 48 heavy (non-hydrogen) atoms. The molecular formula is C45H35N3. The molecular weight excluding hydrogens is 583 g/mol. The molecule has 2 aliphatic carbocycles. The minimum atomic E-state index is 0.146. The van der Waals surface area contributed by atoms with Gasteiger partial charge >= 0.3 is 0 Å². The Balaban J connectivity index is 1.13. The van der Waals surface area contributed by atoms with E-state index in [2.05, 4.69) is 127 Å². The van der Waals surface area contributed by atoms with Crippen LogP contribution in [0.5, 0.6) is 0 Å². The van der Waals surface area contributed by atoms with Gasteiger partial charge in [-0.05, 0) is 63.4 Å². The van der Waals surface area contributed by atoms with Crippen LogP contribution in [0.2, 0.25) is 0 Å². The molecule has 1 spiro atoms. The molecule has 0 N–H and O–H groups in total. The van der Waals surface area contributed by atoms with Crippen LogP contribution in [0.4, 0.5) is 0 Å². The fourth-order valence-electron chi connectivity index (χ4n) is 8.06. The standard InChI is InChI=1S/C45H35N3/c1-4-14-31(15-5-1)35-18-12-19-36(30-35)44-47-42(33-16-6-2-7-17-33)46-43(48-44)34-26-24-32(25-27-34)37-21-13-23-40-41(37)38-20-8-9-22-39(38)45(40)28-10-3-11-29-45/h1-2,4-9,12-27,30H,3,10-11,28-29H2.